The van der Waals surface area contributed by atoms with Gasteiger partial charge in [-0.25, -0.2) is 4.98 Å². The van der Waals surface area contributed by atoms with Gasteiger partial charge in [0.15, 0.2) is 5.69 Å². The second kappa shape index (κ2) is 8.52. The number of carbonyl (C=O) groups excluding carboxylic acids is 2. The molecule has 0 radical (unpaired) electrons. The van der Waals surface area contributed by atoms with Gasteiger partial charge >= 0.3 is 0 Å². The Hall–Kier alpha value is -3.41. The first-order chi connectivity index (χ1) is 13.5. The zero-order valence-electron chi connectivity index (χ0n) is 16.2. The number of nitrogens with one attached hydrogen (secondary N) is 1. The number of anilines is 1. The van der Waals surface area contributed by atoms with Crippen LogP contribution in [0, 0.1) is 6.92 Å². The second-order valence-corrected chi connectivity index (χ2v) is 6.30. The highest BCUT2D eigenvalue weighted by atomic mass is 16.4. The van der Waals surface area contributed by atoms with Gasteiger partial charge in [-0.2, -0.15) is 0 Å². The smallest absolute Gasteiger partial charge is 0.277 e. The molecule has 1 N–H and O–H groups in total. The fourth-order valence-electron chi connectivity index (χ4n) is 2.89. The number of rotatable bonds is 6. The van der Waals surface area contributed by atoms with Crippen LogP contribution in [0.4, 0.5) is 5.69 Å². The van der Waals surface area contributed by atoms with E-state index in [-0.39, 0.29) is 17.5 Å². The van der Waals surface area contributed by atoms with Crippen molar-refractivity contribution in [1.29, 1.82) is 0 Å². The van der Waals surface area contributed by atoms with Crippen molar-refractivity contribution >= 4 is 17.5 Å². The molecule has 1 aromatic heterocycles. The summed E-state index contributed by atoms with van der Waals surface area (Å²) in [6, 6.07) is 16.3. The minimum absolute atomic E-state index is 0.0253. The van der Waals surface area contributed by atoms with Crippen molar-refractivity contribution in [3.05, 3.63) is 71.6 Å². The molecule has 2 amide bonds. The standard InChI is InChI=1S/C22H23N3O3/c1-4-25(5-2)22(27)17-11-13-18(14-12-17)23-20(26)19-15(3)28-21(24-19)16-9-7-6-8-10-16/h6-14H,4-5H2,1-3H3,(H,23,26). The molecule has 28 heavy (non-hydrogen) atoms. The average Bonchev–Trinajstić information content (AvgIpc) is 3.12. The fourth-order valence-corrected chi connectivity index (χ4v) is 2.89. The zero-order chi connectivity index (χ0) is 20.1. The maximum atomic E-state index is 12.6. The molecular formula is C22H23N3O3. The lowest BCUT2D eigenvalue weighted by molar-refractivity contribution is 0.0773. The SMILES string of the molecule is CCN(CC)C(=O)c1ccc(NC(=O)c2nc(-c3ccccc3)oc2C)cc1. The summed E-state index contributed by atoms with van der Waals surface area (Å²) in [7, 11) is 0. The Morgan fingerprint density at radius 1 is 1.00 bits per heavy atom. The highest BCUT2D eigenvalue weighted by molar-refractivity contribution is 6.04. The van der Waals surface area contributed by atoms with E-state index in [1.807, 2.05) is 44.2 Å². The molecule has 0 aliphatic rings. The molecule has 0 saturated heterocycles. The Balaban J connectivity index is 1.73. The number of oxazole rings is 1. The van der Waals surface area contributed by atoms with Crippen LogP contribution in [0.3, 0.4) is 0 Å². The molecule has 3 aromatic rings. The van der Waals surface area contributed by atoms with Crippen LogP contribution in [0.2, 0.25) is 0 Å². The van der Waals surface area contributed by atoms with E-state index in [1.54, 1.807) is 36.1 Å². The molecular weight excluding hydrogens is 354 g/mol. The molecule has 0 saturated carbocycles. The third-order valence-corrected chi connectivity index (χ3v) is 4.47. The van der Waals surface area contributed by atoms with Crippen molar-refractivity contribution in [3.63, 3.8) is 0 Å². The molecule has 1 heterocycles. The molecule has 6 heteroatoms. The van der Waals surface area contributed by atoms with Crippen LogP contribution in [-0.2, 0) is 0 Å². The number of hydrogen-bond acceptors (Lipinski definition) is 4. The number of hydrogen-bond donors (Lipinski definition) is 1. The van der Waals surface area contributed by atoms with E-state index in [1.165, 1.54) is 0 Å². The van der Waals surface area contributed by atoms with Gasteiger partial charge in [0, 0.05) is 29.9 Å². The van der Waals surface area contributed by atoms with E-state index in [9.17, 15) is 9.59 Å². The summed E-state index contributed by atoms with van der Waals surface area (Å²) in [4.78, 5) is 31.0. The van der Waals surface area contributed by atoms with Crippen LogP contribution < -0.4 is 5.32 Å². The molecule has 6 nitrogen and oxygen atoms in total. The first-order valence-corrected chi connectivity index (χ1v) is 9.27. The molecule has 3 rings (SSSR count). The molecule has 0 aliphatic carbocycles. The monoisotopic (exact) mass is 377 g/mol. The minimum atomic E-state index is -0.355. The Morgan fingerprint density at radius 2 is 1.64 bits per heavy atom. The summed E-state index contributed by atoms with van der Waals surface area (Å²) in [6.45, 7) is 6.91. The van der Waals surface area contributed by atoms with Gasteiger partial charge in [0.05, 0.1) is 0 Å². The van der Waals surface area contributed by atoms with Crippen molar-refractivity contribution < 1.29 is 14.0 Å². The average molecular weight is 377 g/mol. The van der Waals surface area contributed by atoms with Gasteiger partial charge in [-0.1, -0.05) is 18.2 Å². The van der Waals surface area contributed by atoms with E-state index in [0.29, 0.717) is 36.0 Å². The van der Waals surface area contributed by atoms with Gasteiger partial charge in [0.2, 0.25) is 5.89 Å². The maximum Gasteiger partial charge on any atom is 0.277 e. The fraction of sp³-hybridized carbons (Fsp3) is 0.227. The summed E-state index contributed by atoms with van der Waals surface area (Å²) in [5.41, 5.74) is 2.22. The van der Waals surface area contributed by atoms with Gasteiger partial charge in [-0.05, 0) is 57.2 Å². The van der Waals surface area contributed by atoms with Crippen molar-refractivity contribution in [3.8, 4) is 11.5 Å². The topological polar surface area (TPSA) is 75.4 Å². The highest BCUT2D eigenvalue weighted by Crippen LogP contribution is 2.22. The van der Waals surface area contributed by atoms with Crippen molar-refractivity contribution in [2.75, 3.05) is 18.4 Å². The molecule has 0 fully saturated rings. The number of carbonyl (C=O) groups is 2. The summed E-state index contributed by atoms with van der Waals surface area (Å²) >= 11 is 0. The van der Waals surface area contributed by atoms with E-state index in [0.717, 1.165) is 5.56 Å². The van der Waals surface area contributed by atoms with E-state index < -0.39 is 0 Å². The molecule has 0 spiro atoms. The summed E-state index contributed by atoms with van der Waals surface area (Å²) in [5.74, 6) is 0.474. The first-order valence-electron chi connectivity index (χ1n) is 9.27. The zero-order valence-corrected chi connectivity index (χ0v) is 16.2. The second-order valence-electron chi connectivity index (χ2n) is 6.30. The largest absolute Gasteiger partial charge is 0.441 e. The number of benzene rings is 2. The number of aryl methyl sites for hydroxylation is 1. The molecule has 2 aromatic carbocycles. The van der Waals surface area contributed by atoms with Crippen LogP contribution in [-0.4, -0.2) is 34.8 Å². The quantitative estimate of drug-likeness (QED) is 0.691. The van der Waals surface area contributed by atoms with E-state index >= 15 is 0 Å². The Morgan fingerprint density at radius 3 is 2.25 bits per heavy atom. The predicted molar refractivity (Wildman–Crippen MR) is 108 cm³/mol. The van der Waals surface area contributed by atoms with E-state index in [4.69, 9.17) is 4.42 Å². The Bertz CT molecular complexity index is 958. The number of amides is 2. The van der Waals surface area contributed by atoms with Gasteiger partial charge in [-0.15, -0.1) is 0 Å². The van der Waals surface area contributed by atoms with Gasteiger partial charge in [0.1, 0.15) is 5.76 Å². The molecule has 0 atom stereocenters. The number of nitrogens with zero attached hydrogens (tertiary/aromatic N) is 2. The lowest BCUT2D eigenvalue weighted by Gasteiger charge is -2.18. The third kappa shape index (κ3) is 4.11. The Kier molecular flexibility index (Phi) is 5.89. The van der Waals surface area contributed by atoms with Crippen LogP contribution in [0.1, 0.15) is 40.5 Å². The lowest BCUT2D eigenvalue weighted by Crippen LogP contribution is -2.30. The molecule has 0 bridgehead atoms. The normalized spacial score (nSPS) is 10.5. The van der Waals surface area contributed by atoms with Crippen molar-refractivity contribution in [2.45, 2.75) is 20.8 Å². The Labute approximate surface area is 164 Å². The van der Waals surface area contributed by atoms with Crippen molar-refractivity contribution in [2.24, 2.45) is 0 Å². The molecule has 0 unspecified atom stereocenters. The number of aromatic nitrogens is 1. The highest BCUT2D eigenvalue weighted by Gasteiger charge is 2.18. The van der Waals surface area contributed by atoms with E-state index in [2.05, 4.69) is 10.3 Å². The van der Waals surface area contributed by atoms with Gasteiger partial charge < -0.3 is 14.6 Å². The molecule has 0 aliphatic heterocycles. The van der Waals surface area contributed by atoms with Gasteiger partial charge in [-0.3, -0.25) is 9.59 Å². The maximum absolute atomic E-state index is 12.6. The van der Waals surface area contributed by atoms with Crippen LogP contribution in [0.25, 0.3) is 11.5 Å². The first kappa shape index (κ1) is 19.4. The molecule has 144 valence electrons. The van der Waals surface area contributed by atoms with Gasteiger partial charge in [0.25, 0.3) is 11.8 Å². The lowest BCUT2D eigenvalue weighted by atomic mass is 10.1. The van der Waals surface area contributed by atoms with Crippen LogP contribution in [0.5, 0.6) is 0 Å². The summed E-state index contributed by atoms with van der Waals surface area (Å²) in [5, 5.41) is 2.80. The third-order valence-electron chi connectivity index (χ3n) is 4.47. The minimum Gasteiger partial charge on any atom is -0.441 e. The summed E-state index contributed by atoms with van der Waals surface area (Å²) in [6.07, 6.45) is 0. The van der Waals surface area contributed by atoms with Crippen LogP contribution in [0.15, 0.2) is 59.0 Å². The predicted octanol–water partition coefficient (Wildman–Crippen LogP) is 4.38. The van der Waals surface area contributed by atoms with Crippen molar-refractivity contribution in [1.82, 2.24) is 9.88 Å². The summed E-state index contributed by atoms with van der Waals surface area (Å²) < 4.78 is 5.64. The van der Waals surface area contributed by atoms with Crippen LogP contribution >= 0.6 is 0 Å².